The minimum Gasteiger partial charge on any atom is -0.469 e. The maximum atomic E-state index is 11.6. The summed E-state index contributed by atoms with van der Waals surface area (Å²) in [6.45, 7) is 0.705. The van der Waals surface area contributed by atoms with E-state index in [1.807, 2.05) is 6.07 Å². The summed E-state index contributed by atoms with van der Waals surface area (Å²) in [5, 5.41) is 1.03. The van der Waals surface area contributed by atoms with Gasteiger partial charge in [0.05, 0.1) is 25.7 Å². The number of aromatic nitrogens is 1. The third kappa shape index (κ3) is 3.61. The Morgan fingerprint density at radius 3 is 2.85 bits per heavy atom. The number of ether oxygens (including phenoxy) is 1. The number of hydrogen-bond acceptors (Lipinski definition) is 4. The molecule has 0 amide bonds. The number of nitrogens with zero attached hydrogens (tertiary/aromatic N) is 2. The second-order valence-corrected chi connectivity index (χ2v) is 7.80. The number of carbonyl (C=O) groups is 1. The number of rotatable bonds is 2. The van der Waals surface area contributed by atoms with Gasteiger partial charge in [0.2, 0.25) is 0 Å². The van der Waals surface area contributed by atoms with Crippen molar-refractivity contribution in [1.29, 1.82) is 0 Å². The van der Waals surface area contributed by atoms with Crippen LogP contribution in [0.4, 0.5) is 5.82 Å². The predicted octanol–water partition coefficient (Wildman–Crippen LogP) is 4.14. The van der Waals surface area contributed by atoms with E-state index in [-0.39, 0.29) is 15.9 Å². The van der Waals surface area contributed by atoms with E-state index in [0.717, 1.165) is 16.4 Å². The molecule has 1 aliphatic rings. The van der Waals surface area contributed by atoms with Crippen LogP contribution in [0, 0.1) is 9.49 Å². The number of hydrogen-bond donors (Lipinski definition) is 0. The largest absolute Gasteiger partial charge is 0.469 e. The van der Waals surface area contributed by atoms with Crippen LogP contribution < -0.4 is 4.90 Å². The van der Waals surface area contributed by atoms with E-state index >= 15 is 0 Å². The van der Waals surface area contributed by atoms with Crippen molar-refractivity contribution in [3.8, 4) is 0 Å². The molecular formula is C12H12Cl2I2N2O2. The lowest BCUT2D eigenvalue weighted by atomic mass is 9.97. The van der Waals surface area contributed by atoms with E-state index in [2.05, 4.69) is 55.1 Å². The first kappa shape index (κ1) is 16.8. The van der Waals surface area contributed by atoms with Gasteiger partial charge in [-0.05, 0) is 41.5 Å². The van der Waals surface area contributed by atoms with Crippen molar-refractivity contribution in [2.75, 3.05) is 18.6 Å². The van der Waals surface area contributed by atoms with E-state index in [9.17, 15) is 4.79 Å². The fraction of sp³-hybridized carbons (Fsp3) is 0.500. The molecule has 0 spiro atoms. The van der Waals surface area contributed by atoms with Gasteiger partial charge in [0, 0.05) is 6.54 Å². The molecule has 1 aromatic rings. The lowest BCUT2D eigenvalue weighted by Gasteiger charge is -2.36. The van der Waals surface area contributed by atoms with Crippen LogP contribution in [0.15, 0.2) is 6.07 Å². The zero-order valence-corrected chi connectivity index (χ0v) is 16.4. The van der Waals surface area contributed by atoms with Gasteiger partial charge in [0.15, 0.2) is 0 Å². The predicted molar refractivity (Wildman–Crippen MR) is 96.9 cm³/mol. The maximum absolute atomic E-state index is 11.6. The van der Waals surface area contributed by atoms with Crippen LogP contribution in [0.25, 0.3) is 0 Å². The molecule has 0 saturated carbocycles. The molecule has 0 radical (unpaired) electrons. The van der Waals surface area contributed by atoms with Crippen molar-refractivity contribution in [3.63, 3.8) is 0 Å². The number of anilines is 1. The number of methoxy groups -OCH3 is 1. The third-order valence-corrected chi connectivity index (χ3v) is 6.10. The molecule has 4 nitrogen and oxygen atoms in total. The molecule has 110 valence electrons. The Bertz CT molecular complexity index is 530. The zero-order valence-electron chi connectivity index (χ0n) is 10.6. The highest BCUT2D eigenvalue weighted by molar-refractivity contribution is 14.1. The van der Waals surface area contributed by atoms with Crippen LogP contribution in [0.5, 0.6) is 0 Å². The van der Waals surface area contributed by atoms with E-state index < -0.39 is 0 Å². The molecule has 0 aliphatic carbocycles. The first-order valence-corrected chi connectivity index (χ1v) is 9.02. The Labute approximate surface area is 154 Å². The Morgan fingerprint density at radius 1 is 1.55 bits per heavy atom. The molecule has 0 bridgehead atoms. The molecule has 1 saturated heterocycles. The lowest BCUT2D eigenvalue weighted by molar-refractivity contribution is -0.146. The zero-order chi connectivity index (χ0) is 14.9. The van der Waals surface area contributed by atoms with Gasteiger partial charge < -0.3 is 9.64 Å². The monoisotopic (exact) mass is 540 g/mol. The first-order valence-electron chi connectivity index (χ1n) is 5.94. The molecule has 8 heteroatoms. The van der Waals surface area contributed by atoms with Gasteiger partial charge in [0.25, 0.3) is 0 Å². The number of halogens is 4. The first-order chi connectivity index (χ1) is 9.43. The van der Waals surface area contributed by atoms with Crippen molar-refractivity contribution in [2.45, 2.75) is 16.9 Å². The smallest absolute Gasteiger partial charge is 0.308 e. The summed E-state index contributed by atoms with van der Waals surface area (Å²) in [5.41, 5.74) is 0. The number of carbonyl (C=O) groups excluding carboxylic acids is 1. The molecule has 0 aromatic carbocycles. The van der Waals surface area contributed by atoms with E-state index in [4.69, 9.17) is 27.9 Å². The summed E-state index contributed by atoms with van der Waals surface area (Å²) in [6.07, 6.45) is 1.45. The molecule has 2 atom stereocenters. The van der Waals surface area contributed by atoms with Crippen molar-refractivity contribution in [2.24, 2.45) is 5.92 Å². The number of pyridine rings is 1. The normalized spacial score (nSPS) is 22.8. The van der Waals surface area contributed by atoms with Crippen molar-refractivity contribution in [1.82, 2.24) is 4.98 Å². The summed E-state index contributed by atoms with van der Waals surface area (Å²) in [5.74, 6) is 0.474. The van der Waals surface area contributed by atoms with Crippen molar-refractivity contribution >= 4 is 80.2 Å². The molecule has 2 rings (SSSR count). The van der Waals surface area contributed by atoms with E-state index in [0.29, 0.717) is 22.5 Å². The Kier molecular flexibility index (Phi) is 6.01. The van der Waals surface area contributed by atoms with Crippen LogP contribution in [-0.2, 0) is 9.53 Å². The van der Waals surface area contributed by atoms with Gasteiger partial charge in [0.1, 0.15) is 11.0 Å². The van der Waals surface area contributed by atoms with Crippen LogP contribution >= 0.6 is 68.4 Å². The second-order valence-electron chi connectivity index (χ2n) is 4.44. The van der Waals surface area contributed by atoms with Gasteiger partial charge in [-0.25, -0.2) is 4.98 Å². The average molecular weight is 541 g/mol. The Morgan fingerprint density at radius 2 is 2.25 bits per heavy atom. The molecule has 1 fully saturated rings. The average Bonchev–Trinajstić information content (AvgIpc) is 2.42. The van der Waals surface area contributed by atoms with Gasteiger partial charge in [-0.2, -0.15) is 0 Å². The molecule has 0 N–H and O–H groups in total. The number of piperidine rings is 1. The second kappa shape index (κ2) is 7.15. The minimum absolute atomic E-state index is 0.0590. The van der Waals surface area contributed by atoms with Gasteiger partial charge >= 0.3 is 5.97 Å². The Hall–Kier alpha value is 0.460. The standard InChI is InChI=1S/C12H12Cl2I2N2O2/c1-20-12(19)6-2-3-18(9(16)4-6)11-7(13)5-8(15)10(14)17-11/h5-6,9H,2-4H2,1H3. The highest BCUT2D eigenvalue weighted by atomic mass is 127. The summed E-state index contributed by atoms with van der Waals surface area (Å²) < 4.78 is 5.77. The van der Waals surface area contributed by atoms with Crippen LogP contribution in [0.2, 0.25) is 10.2 Å². The number of esters is 1. The summed E-state index contributed by atoms with van der Waals surface area (Å²) in [4.78, 5) is 18.1. The molecule has 1 aliphatic heterocycles. The molecule has 1 aromatic heterocycles. The van der Waals surface area contributed by atoms with E-state index in [1.165, 1.54) is 7.11 Å². The van der Waals surface area contributed by atoms with Crippen LogP contribution in [0.3, 0.4) is 0 Å². The molecule has 20 heavy (non-hydrogen) atoms. The highest BCUT2D eigenvalue weighted by Crippen LogP contribution is 2.36. The van der Waals surface area contributed by atoms with Gasteiger partial charge in [-0.1, -0.05) is 45.8 Å². The summed E-state index contributed by atoms with van der Waals surface area (Å²) >= 11 is 16.7. The highest BCUT2D eigenvalue weighted by Gasteiger charge is 2.33. The summed E-state index contributed by atoms with van der Waals surface area (Å²) in [7, 11) is 1.42. The fourth-order valence-electron chi connectivity index (χ4n) is 2.17. The third-order valence-electron chi connectivity index (χ3n) is 3.21. The number of alkyl halides is 1. The molecule has 2 heterocycles. The van der Waals surface area contributed by atoms with Gasteiger partial charge in [-0.15, -0.1) is 0 Å². The van der Waals surface area contributed by atoms with Gasteiger partial charge in [-0.3, -0.25) is 4.79 Å². The van der Waals surface area contributed by atoms with Crippen LogP contribution in [-0.4, -0.2) is 28.7 Å². The Balaban J connectivity index is 2.19. The fourth-order valence-corrected chi connectivity index (χ4v) is 4.34. The van der Waals surface area contributed by atoms with E-state index in [1.54, 1.807) is 0 Å². The lowest BCUT2D eigenvalue weighted by Crippen LogP contribution is -2.42. The quantitative estimate of drug-likeness (QED) is 0.186. The topological polar surface area (TPSA) is 42.4 Å². The molecular weight excluding hydrogens is 529 g/mol. The van der Waals surface area contributed by atoms with Crippen LogP contribution in [0.1, 0.15) is 12.8 Å². The SMILES string of the molecule is COC(=O)C1CCN(c2nc(Cl)c(I)cc2Cl)C(I)C1. The minimum atomic E-state index is -0.147. The van der Waals surface area contributed by atoms with Crippen molar-refractivity contribution in [3.05, 3.63) is 19.8 Å². The summed E-state index contributed by atoms with van der Waals surface area (Å²) in [6, 6.07) is 1.81. The maximum Gasteiger partial charge on any atom is 0.308 e. The molecule has 2 unspecified atom stereocenters. The van der Waals surface area contributed by atoms with Crippen molar-refractivity contribution < 1.29 is 9.53 Å².